The van der Waals surface area contributed by atoms with Crippen LogP contribution in [0.4, 0.5) is 5.69 Å². The molecule has 1 N–H and O–H groups in total. The van der Waals surface area contributed by atoms with Crippen LogP contribution in [-0.2, 0) is 10.0 Å². The summed E-state index contributed by atoms with van der Waals surface area (Å²) >= 11 is 0. The number of nitrogens with zero attached hydrogens (tertiary/aromatic N) is 1. The van der Waals surface area contributed by atoms with Crippen molar-refractivity contribution in [3.05, 3.63) is 42.0 Å². The van der Waals surface area contributed by atoms with Crippen molar-refractivity contribution in [3.8, 4) is 17.2 Å². The number of amides is 1. The number of hydrogen-bond donors (Lipinski definition) is 1. The fourth-order valence-electron chi connectivity index (χ4n) is 3.55. The van der Waals surface area contributed by atoms with Gasteiger partial charge < -0.3 is 19.5 Å². The summed E-state index contributed by atoms with van der Waals surface area (Å²) in [6.45, 7) is 3.23. The summed E-state index contributed by atoms with van der Waals surface area (Å²) in [7, 11) is -3.73. The zero-order valence-electron chi connectivity index (χ0n) is 16.7. The zero-order chi connectivity index (χ0) is 21.1. The molecule has 30 heavy (non-hydrogen) atoms. The monoisotopic (exact) mass is 432 g/mol. The molecule has 2 heterocycles. The molecule has 9 heteroatoms. The molecule has 0 unspecified atom stereocenters. The molecular formula is C21H24N2O6S. The molecule has 0 aliphatic carbocycles. The number of ether oxygens (including phenoxy) is 3. The van der Waals surface area contributed by atoms with E-state index in [9.17, 15) is 13.2 Å². The molecule has 0 spiro atoms. The first kappa shape index (κ1) is 20.5. The van der Waals surface area contributed by atoms with Crippen LogP contribution in [0.5, 0.6) is 17.2 Å². The lowest BCUT2D eigenvalue weighted by Crippen LogP contribution is -2.35. The summed E-state index contributed by atoms with van der Waals surface area (Å²) in [5.74, 6) is 0.994. The highest BCUT2D eigenvalue weighted by molar-refractivity contribution is 7.89. The Hall–Kier alpha value is -2.78. The Bertz CT molecular complexity index is 1050. The largest absolute Gasteiger partial charge is 0.492 e. The summed E-state index contributed by atoms with van der Waals surface area (Å²) < 4.78 is 44.1. The van der Waals surface area contributed by atoms with Crippen molar-refractivity contribution in [3.63, 3.8) is 0 Å². The Morgan fingerprint density at radius 3 is 2.60 bits per heavy atom. The molecule has 2 aliphatic heterocycles. The molecule has 2 aromatic carbocycles. The van der Waals surface area contributed by atoms with Crippen molar-refractivity contribution in [2.24, 2.45) is 0 Å². The van der Waals surface area contributed by atoms with Gasteiger partial charge in [0.25, 0.3) is 5.91 Å². The third-order valence-corrected chi connectivity index (χ3v) is 6.99. The first-order valence-corrected chi connectivity index (χ1v) is 11.4. The van der Waals surface area contributed by atoms with E-state index in [0.29, 0.717) is 42.4 Å². The minimum atomic E-state index is -3.73. The maximum atomic E-state index is 13.2. The van der Waals surface area contributed by atoms with Crippen LogP contribution in [0.15, 0.2) is 41.3 Å². The van der Waals surface area contributed by atoms with E-state index in [1.807, 2.05) is 0 Å². The third kappa shape index (κ3) is 4.08. The molecule has 0 saturated carbocycles. The van der Waals surface area contributed by atoms with Gasteiger partial charge in [-0.05, 0) is 56.2 Å². The van der Waals surface area contributed by atoms with E-state index in [1.165, 1.54) is 10.4 Å². The molecule has 0 radical (unpaired) electrons. The second-order valence-electron chi connectivity index (χ2n) is 7.08. The summed E-state index contributed by atoms with van der Waals surface area (Å²) in [5, 5.41) is 2.76. The minimum Gasteiger partial charge on any atom is -0.492 e. The van der Waals surface area contributed by atoms with Crippen molar-refractivity contribution < 1.29 is 27.4 Å². The lowest BCUT2D eigenvalue weighted by atomic mass is 10.2. The van der Waals surface area contributed by atoms with Gasteiger partial charge in [0.15, 0.2) is 11.5 Å². The zero-order valence-corrected chi connectivity index (χ0v) is 17.5. The Morgan fingerprint density at radius 2 is 1.83 bits per heavy atom. The molecule has 0 atom stereocenters. The number of benzene rings is 2. The number of fused-ring (bicyclic) bond motifs is 1. The van der Waals surface area contributed by atoms with Crippen LogP contribution in [0.25, 0.3) is 0 Å². The Morgan fingerprint density at radius 1 is 1.07 bits per heavy atom. The number of carbonyl (C=O) groups is 1. The maximum Gasteiger partial charge on any atom is 0.255 e. The Balaban J connectivity index is 1.61. The normalized spacial score (nSPS) is 16.3. The van der Waals surface area contributed by atoms with Gasteiger partial charge in [0, 0.05) is 24.3 Å². The van der Waals surface area contributed by atoms with Crippen molar-refractivity contribution in [2.75, 3.05) is 31.8 Å². The molecule has 8 nitrogen and oxygen atoms in total. The number of carbonyl (C=O) groups excluding carboxylic acids is 1. The van der Waals surface area contributed by atoms with Crippen molar-refractivity contribution in [2.45, 2.75) is 31.1 Å². The highest BCUT2D eigenvalue weighted by Crippen LogP contribution is 2.34. The Labute approximate surface area is 175 Å². The van der Waals surface area contributed by atoms with Crippen molar-refractivity contribution in [1.82, 2.24) is 4.31 Å². The minimum absolute atomic E-state index is 0.0646. The van der Waals surface area contributed by atoms with E-state index < -0.39 is 10.0 Å². The van der Waals surface area contributed by atoms with Gasteiger partial charge in [-0.3, -0.25) is 4.79 Å². The van der Waals surface area contributed by atoms with Crippen LogP contribution in [-0.4, -0.2) is 45.1 Å². The molecule has 2 aromatic rings. The van der Waals surface area contributed by atoms with Gasteiger partial charge in [-0.2, -0.15) is 4.31 Å². The van der Waals surface area contributed by atoms with E-state index in [4.69, 9.17) is 14.2 Å². The van der Waals surface area contributed by atoms with E-state index in [0.717, 1.165) is 19.3 Å². The molecule has 0 aromatic heterocycles. The molecule has 160 valence electrons. The summed E-state index contributed by atoms with van der Waals surface area (Å²) in [4.78, 5) is 12.8. The summed E-state index contributed by atoms with van der Waals surface area (Å²) in [5.41, 5.74) is 0.755. The van der Waals surface area contributed by atoms with Crippen molar-refractivity contribution in [1.29, 1.82) is 0 Å². The third-order valence-electron chi connectivity index (χ3n) is 5.07. The first-order chi connectivity index (χ1) is 14.5. The maximum absolute atomic E-state index is 13.2. The van der Waals surface area contributed by atoms with Crippen LogP contribution in [0.1, 0.15) is 36.5 Å². The van der Waals surface area contributed by atoms with E-state index in [2.05, 4.69) is 5.32 Å². The fraction of sp³-hybridized carbons (Fsp3) is 0.381. The number of piperidine rings is 1. The molecule has 1 amide bonds. The average molecular weight is 432 g/mol. The second-order valence-corrected chi connectivity index (χ2v) is 8.99. The molecular weight excluding hydrogens is 408 g/mol. The van der Waals surface area contributed by atoms with Gasteiger partial charge in [-0.25, -0.2) is 8.42 Å². The molecule has 2 aliphatic rings. The summed E-state index contributed by atoms with van der Waals surface area (Å²) in [6.07, 6.45) is 2.70. The first-order valence-electron chi connectivity index (χ1n) is 9.97. The van der Waals surface area contributed by atoms with Gasteiger partial charge in [-0.15, -0.1) is 0 Å². The predicted molar refractivity (Wildman–Crippen MR) is 111 cm³/mol. The Kier molecular flexibility index (Phi) is 5.83. The number of sulfonamides is 1. The number of rotatable bonds is 6. The summed E-state index contributed by atoms with van der Waals surface area (Å²) in [6, 6.07) is 9.56. The van der Waals surface area contributed by atoms with Gasteiger partial charge in [0.05, 0.1) is 6.61 Å². The predicted octanol–water partition coefficient (Wildman–Crippen LogP) is 3.24. The topological polar surface area (TPSA) is 94.2 Å². The lowest BCUT2D eigenvalue weighted by Gasteiger charge is -2.27. The van der Waals surface area contributed by atoms with Crippen molar-refractivity contribution >= 4 is 21.6 Å². The highest BCUT2D eigenvalue weighted by Gasteiger charge is 2.29. The fourth-order valence-corrected chi connectivity index (χ4v) is 5.22. The number of hydrogen-bond acceptors (Lipinski definition) is 6. The molecule has 1 fully saturated rings. The van der Waals surface area contributed by atoms with Crippen LogP contribution in [0.2, 0.25) is 0 Å². The lowest BCUT2D eigenvalue weighted by molar-refractivity contribution is 0.102. The standard InChI is InChI=1S/C21H24N2O6S/c1-2-27-18-9-7-16(13-20(18)30(25,26)23-10-4-3-5-11-23)22-21(24)15-6-8-17-19(12-15)29-14-28-17/h6-9,12-13H,2-5,10-11,14H2,1H3,(H,22,24). The smallest absolute Gasteiger partial charge is 0.255 e. The van der Waals surface area contributed by atoms with Gasteiger partial charge in [-0.1, -0.05) is 6.42 Å². The SMILES string of the molecule is CCOc1ccc(NC(=O)c2ccc3c(c2)OCO3)cc1S(=O)(=O)N1CCCCC1. The molecule has 4 rings (SSSR count). The second kappa shape index (κ2) is 8.53. The van der Waals surface area contributed by atoms with E-state index in [-0.39, 0.29) is 23.3 Å². The van der Waals surface area contributed by atoms with Gasteiger partial charge >= 0.3 is 0 Å². The highest BCUT2D eigenvalue weighted by atomic mass is 32.2. The van der Waals surface area contributed by atoms with E-state index in [1.54, 1.807) is 37.3 Å². The number of nitrogens with one attached hydrogen (secondary N) is 1. The van der Waals surface area contributed by atoms with Gasteiger partial charge in [0.2, 0.25) is 16.8 Å². The quantitative estimate of drug-likeness (QED) is 0.753. The van der Waals surface area contributed by atoms with Gasteiger partial charge in [0.1, 0.15) is 10.6 Å². The van der Waals surface area contributed by atoms with Crippen LogP contribution in [0.3, 0.4) is 0 Å². The molecule has 1 saturated heterocycles. The van der Waals surface area contributed by atoms with Crippen LogP contribution < -0.4 is 19.5 Å². The van der Waals surface area contributed by atoms with Crippen LogP contribution >= 0.6 is 0 Å². The molecule has 0 bridgehead atoms. The van der Waals surface area contributed by atoms with Crippen LogP contribution in [0, 0.1) is 0 Å². The van der Waals surface area contributed by atoms with E-state index >= 15 is 0 Å². The average Bonchev–Trinajstić information content (AvgIpc) is 3.23. The number of anilines is 1.